The van der Waals surface area contributed by atoms with Crippen molar-refractivity contribution in [2.75, 3.05) is 14.1 Å². The fourth-order valence-corrected chi connectivity index (χ4v) is 0. The van der Waals surface area contributed by atoms with E-state index < -0.39 is 0 Å². The molecule has 0 aliphatic rings. The Bertz CT molecular complexity index is 72.5. The Labute approximate surface area is 82.6 Å². The summed E-state index contributed by atoms with van der Waals surface area (Å²) in [6.45, 7) is 8.25. The summed E-state index contributed by atoms with van der Waals surface area (Å²) in [5.41, 5.74) is 0. The highest BCUT2D eigenvalue weighted by molar-refractivity contribution is 8.10. The Morgan fingerprint density at radius 1 is 1.27 bits per heavy atom. The molecule has 0 aromatic rings. The maximum atomic E-state index is 4.61. The average Bonchev–Trinajstić information content (AvgIpc) is 1.93. The second kappa shape index (κ2) is 16.7. The summed E-state index contributed by atoms with van der Waals surface area (Å²) in [5.74, 6) is 0. The molecule has 70 valence electrons. The first kappa shape index (κ1) is 17.4. The standard InChI is InChI=1S/C3H7NS2.C3H8.C2H6/c1-4(2)3(5)6;1-3-2;1-2/h1-2H3,(H,5,6);3H2,1-2H3;1-2H3. The summed E-state index contributed by atoms with van der Waals surface area (Å²) in [5, 5.41) is 0. The van der Waals surface area contributed by atoms with Crippen LogP contribution >= 0.6 is 24.8 Å². The predicted molar refractivity (Wildman–Crippen MR) is 62.6 cm³/mol. The summed E-state index contributed by atoms with van der Waals surface area (Å²) >= 11 is 8.46. The highest BCUT2D eigenvalue weighted by atomic mass is 32.1. The zero-order valence-electron chi connectivity index (χ0n) is 8.51. The maximum Gasteiger partial charge on any atom is 0.132 e. The van der Waals surface area contributed by atoms with E-state index in [1.165, 1.54) is 6.42 Å². The van der Waals surface area contributed by atoms with Crippen LogP contribution in [0.4, 0.5) is 0 Å². The topological polar surface area (TPSA) is 3.24 Å². The lowest BCUT2D eigenvalue weighted by Crippen LogP contribution is -2.12. The number of hydrogen-bond donors (Lipinski definition) is 1. The normalized spacial score (nSPS) is 6.45. The molecule has 0 fully saturated rings. The van der Waals surface area contributed by atoms with Crippen molar-refractivity contribution in [3.8, 4) is 0 Å². The van der Waals surface area contributed by atoms with Crippen molar-refractivity contribution in [2.24, 2.45) is 0 Å². The van der Waals surface area contributed by atoms with Gasteiger partial charge in [-0.05, 0) is 0 Å². The number of thiocarbonyl (C=S) groups is 1. The van der Waals surface area contributed by atoms with E-state index in [0.29, 0.717) is 4.32 Å². The molecular formula is C8H21NS2. The molecule has 1 nitrogen and oxygen atoms in total. The van der Waals surface area contributed by atoms with Gasteiger partial charge in [-0.2, -0.15) is 0 Å². The average molecular weight is 195 g/mol. The monoisotopic (exact) mass is 195 g/mol. The van der Waals surface area contributed by atoms with Gasteiger partial charge in [-0.15, -0.1) is 12.6 Å². The van der Waals surface area contributed by atoms with Crippen LogP contribution < -0.4 is 0 Å². The first-order valence-electron chi connectivity index (χ1n) is 3.96. The molecule has 0 rings (SSSR count). The van der Waals surface area contributed by atoms with E-state index in [0.717, 1.165) is 0 Å². The zero-order chi connectivity index (χ0) is 9.86. The van der Waals surface area contributed by atoms with E-state index in [1.54, 1.807) is 4.90 Å². The molecule has 0 heterocycles. The van der Waals surface area contributed by atoms with Crippen LogP contribution in [0.5, 0.6) is 0 Å². The van der Waals surface area contributed by atoms with Gasteiger partial charge in [-0.25, -0.2) is 0 Å². The molecule has 0 atom stereocenters. The Morgan fingerprint density at radius 2 is 1.36 bits per heavy atom. The molecule has 0 radical (unpaired) electrons. The van der Waals surface area contributed by atoms with Crippen molar-refractivity contribution in [3.63, 3.8) is 0 Å². The van der Waals surface area contributed by atoms with E-state index in [-0.39, 0.29) is 0 Å². The van der Waals surface area contributed by atoms with Crippen LogP contribution in [0.1, 0.15) is 34.1 Å². The smallest absolute Gasteiger partial charge is 0.132 e. The van der Waals surface area contributed by atoms with E-state index in [1.807, 2.05) is 27.9 Å². The second-order valence-corrected chi connectivity index (χ2v) is 3.00. The van der Waals surface area contributed by atoms with Gasteiger partial charge in [0.05, 0.1) is 0 Å². The third-order valence-electron chi connectivity index (χ3n) is 0.383. The Kier molecular flexibility index (Phi) is 26.3. The van der Waals surface area contributed by atoms with Gasteiger partial charge >= 0.3 is 0 Å². The van der Waals surface area contributed by atoms with Gasteiger partial charge in [-0.1, -0.05) is 46.3 Å². The Morgan fingerprint density at radius 3 is 1.36 bits per heavy atom. The maximum absolute atomic E-state index is 4.61. The fourth-order valence-electron chi connectivity index (χ4n) is 0. The first-order valence-corrected chi connectivity index (χ1v) is 4.82. The molecule has 3 heteroatoms. The van der Waals surface area contributed by atoms with Crippen LogP contribution in [0.25, 0.3) is 0 Å². The minimum atomic E-state index is 0.620. The summed E-state index contributed by atoms with van der Waals surface area (Å²) in [4.78, 5) is 1.76. The molecule has 0 N–H and O–H groups in total. The third-order valence-corrected chi connectivity index (χ3v) is 1.15. The molecule has 0 aliphatic carbocycles. The van der Waals surface area contributed by atoms with Gasteiger partial charge in [0.2, 0.25) is 0 Å². The van der Waals surface area contributed by atoms with Gasteiger partial charge < -0.3 is 4.90 Å². The van der Waals surface area contributed by atoms with Crippen molar-refractivity contribution < 1.29 is 0 Å². The zero-order valence-corrected chi connectivity index (χ0v) is 10.2. The predicted octanol–water partition coefficient (Wildman–Crippen LogP) is 3.21. The number of thiol groups is 1. The Hall–Kier alpha value is 0.240. The van der Waals surface area contributed by atoms with E-state index in [2.05, 4.69) is 38.7 Å². The number of rotatable bonds is 0. The minimum absolute atomic E-state index is 0.620. The van der Waals surface area contributed by atoms with Crippen molar-refractivity contribution in [1.82, 2.24) is 4.90 Å². The third kappa shape index (κ3) is 38.7. The second-order valence-electron chi connectivity index (χ2n) is 1.88. The lowest BCUT2D eigenvalue weighted by molar-refractivity contribution is 0.648. The summed E-state index contributed by atoms with van der Waals surface area (Å²) in [6, 6.07) is 0. The highest BCUT2D eigenvalue weighted by Crippen LogP contribution is 1.84. The van der Waals surface area contributed by atoms with Crippen molar-refractivity contribution in [3.05, 3.63) is 0 Å². The molecule has 0 spiro atoms. The van der Waals surface area contributed by atoms with Crippen molar-refractivity contribution in [2.45, 2.75) is 34.1 Å². The van der Waals surface area contributed by atoms with E-state index in [9.17, 15) is 0 Å². The largest absolute Gasteiger partial charge is 0.364 e. The molecule has 0 bridgehead atoms. The quantitative estimate of drug-likeness (QED) is 0.467. The molecule has 0 unspecified atom stereocenters. The van der Waals surface area contributed by atoms with Crippen LogP contribution in [-0.4, -0.2) is 23.3 Å². The van der Waals surface area contributed by atoms with E-state index >= 15 is 0 Å². The SMILES string of the molecule is CC.CCC.CN(C)C(=S)S. The number of nitrogens with zero attached hydrogens (tertiary/aromatic N) is 1. The van der Waals surface area contributed by atoms with Crippen LogP contribution in [0.2, 0.25) is 0 Å². The van der Waals surface area contributed by atoms with Crippen LogP contribution in [0.15, 0.2) is 0 Å². The lowest BCUT2D eigenvalue weighted by Gasteiger charge is -2.05. The molecule has 0 aromatic heterocycles. The summed E-state index contributed by atoms with van der Waals surface area (Å²) in [6.07, 6.45) is 1.25. The van der Waals surface area contributed by atoms with Gasteiger partial charge in [0.25, 0.3) is 0 Å². The molecule has 0 saturated heterocycles. The first-order chi connectivity index (χ1) is 5.06. The summed E-state index contributed by atoms with van der Waals surface area (Å²) < 4.78 is 0.620. The highest BCUT2D eigenvalue weighted by Gasteiger charge is 1.83. The fraction of sp³-hybridized carbons (Fsp3) is 0.875. The molecular weight excluding hydrogens is 174 g/mol. The van der Waals surface area contributed by atoms with Crippen LogP contribution in [0, 0.1) is 0 Å². The Balaban J connectivity index is -0.000000109. The molecule has 0 aliphatic heterocycles. The molecule has 11 heavy (non-hydrogen) atoms. The van der Waals surface area contributed by atoms with Gasteiger partial charge in [0.15, 0.2) is 0 Å². The van der Waals surface area contributed by atoms with Crippen molar-refractivity contribution >= 4 is 29.2 Å². The van der Waals surface area contributed by atoms with Gasteiger partial charge in [0, 0.05) is 14.1 Å². The van der Waals surface area contributed by atoms with Gasteiger partial charge in [-0.3, -0.25) is 0 Å². The molecule has 0 aromatic carbocycles. The van der Waals surface area contributed by atoms with Crippen molar-refractivity contribution in [1.29, 1.82) is 0 Å². The lowest BCUT2D eigenvalue weighted by atomic mass is 10.6. The van der Waals surface area contributed by atoms with Crippen LogP contribution in [-0.2, 0) is 0 Å². The molecule has 0 saturated carbocycles. The number of hydrogen-bond acceptors (Lipinski definition) is 1. The van der Waals surface area contributed by atoms with Gasteiger partial charge in [0.1, 0.15) is 4.32 Å². The molecule has 0 amide bonds. The van der Waals surface area contributed by atoms with E-state index in [4.69, 9.17) is 0 Å². The summed E-state index contributed by atoms with van der Waals surface area (Å²) in [7, 11) is 3.71. The minimum Gasteiger partial charge on any atom is -0.364 e. The van der Waals surface area contributed by atoms with Crippen LogP contribution in [0.3, 0.4) is 0 Å².